The summed E-state index contributed by atoms with van der Waals surface area (Å²) in [5, 5.41) is 0.785. The molecular formula is C14H23ClN2O. The lowest BCUT2D eigenvalue weighted by atomic mass is 10.0. The molecule has 102 valence electrons. The monoisotopic (exact) mass is 270 g/mol. The highest BCUT2D eigenvalue weighted by atomic mass is 35.5. The molecule has 0 aromatic heterocycles. The van der Waals surface area contributed by atoms with Crippen molar-refractivity contribution >= 4 is 17.3 Å². The first-order valence-corrected chi connectivity index (χ1v) is 6.67. The van der Waals surface area contributed by atoms with Gasteiger partial charge in [-0.15, -0.1) is 0 Å². The Hall–Kier alpha value is -0.770. The Bertz CT molecular complexity index is 369. The van der Waals surface area contributed by atoms with Gasteiger partial charge in [-0.3, -0.25) is 0 Å². The van der Waals surface area contributed by atoms with Crippen LogP contribution < -0.4 is 10.6 Å². The van der Waals surface area contributed by atoms with Gasteiger partial charge < -0.3 is 15.4 Å². The van der Waals surface area contributed by atoms with Gasteiger partial charge in [0.25, 0.3) is 0 Å². The highest BCUT2D eigenvalue weighted by Crippen LogP contribution is 2.30. The average molecular weight is 271 g/mol. The van der Waals surface area contributed by atoms with E-state index >= 15 is 0 Å². The molecule has 1 rings (SSSR count). The van der Waals surface area contributed by atoms with Crippen molar-refractivity contribution in [1.29, 1.82) is 0 Å². The minimum Gasteiger partial charge on any atom is -0.385 e. The standard InChI is InChI=1S/C14H23ClN2O/c1-11(16)10-12-6-4-7-13(15)14(12)17(2)8-5-9-18-3/h4,6-7,11H,5,8-10,16H2,1-3H3. The average Bonchev–Trinajstić information content (AvgIpc) is 2.28. The molecule has 4 heteroatoms. The lowest BCUT2D eigenvalue weighted by Crippen LogP contribution is -2.24. The normalized spacial score (nSPS) is 12.5. The molecule has 1 aromatic rings. The number of rotatable bonds is 7. The second-order valence-corrected chi connectivity index (χ2v) is 5.10. The second-order valence-electron chi connectivity index (χ2n) is 4.70. The molecule has 1 atom stereocenters. The third-order valence-electron chi connectivity index (χ3n) is 2.84. The fourth-order valence-electron chi connectivity index (χ4n) is 2.06. The highest BCUT2D eigenvalue weighted by Gasteiger charge is 2.12. The first-order chi connectivity index (χ1) is 8.56. The van der Waals surface area contributed by atoms with Crippen LogP contribution in [0.5, 0.6) is 0 Å². The predicted molar refractivity (Wildman–Crippen MR) is 78.6 cm³/mol. The van der Waals surface area contributed by atoms with Crippen LogP contribution in [0, 0.1) is 0 Å². The fraction of sp³-hybridized carbons (Fsp3) is 0.571. The van der Waals surface area contributed by atoms with Crippen LogP contribution in [-0.4, -0.2) is 33.4 Å². The zero-order valence-electron chi connectivity index (χ0n) is 11.4. The van der Waals surface area contributed by atoms with Gasteiger partial charge in [0.1, 0.15) is 0 Å². The second kappa shape index (κ2) is 7.62. The number of benzene rings is 1. The molecule has 0 radical (unpaired) electrons. The number of para-hydroxylation sites is 1. The number of halogens is 1. The van der Waals surface area contributed by atoms with E-state index in [0.29, 0.717) is 0 Å². The number of anilines is 1. The topological polar surface area (TPSA) is 38.5 Å². The van der Waals surface area contributed by atoms with Crippen molar-refractivity contribution in [2.75, 3.05) is 32.2 Å². The molecule has 0 aliphatic rings. The minimum absolute atomic E-state index is 0.134. The first kappa shape index (κ1) is 15.3. The SMILES string of the molecule is COCCCN(C)c1c(Cl)cccc1CC(C)N. The molecule has 1 unspecified atom stereocenters. The quantitative estimate of drug-likeness (QED) is 0.775. The lowest BCUT2D eigenvalue weighted by molar-refractivity contribution is 0.196. The van der Waals surface area contributed by atoms with E-state index in [0.717, 1.165) is 36.7 Å². The molecule has 0 aliphatic carbocycles. The number of hydrogen-bond donors (Lipinski definition) is 1. The van der Waals surface area contributed by atoms with Crippen LogP contribution in [0.3, 0.4) is 0 Å². The van der Waals surface area contributed by atoms with Gasteiger partial charge in [0, 0.05) is 33.4 Å². The molecular weight excluding hydrogens is 248 g/mol. The molecule has 0 fully saturated rings. The summed E-state index contributed by atoms with van der Waals surface area (Å²) in [7, 11) is 3.78. The third kappa shape index (κ3) is 4.48. The van der Waals surface area contributed by atoms with Crippen molar-refractivity contribution in [2.24, 2.45) is 5.73 Å². The Kier molecular flexibility index (Phi) is 6.47. The lowest BCUT2D eigenvalue weighted by Gasteiger charge is -2.24. The van der Waals surface area contributed by atoms with Crippen molar-refractivity contribution in [3.63, 3.8) is 0 Å². The third-order valence-corrected chi connectivity index (χ3v) is 3.14. The summed E-state index contributed by atoms with van der Waals surface area (Å²) < 4.78 is 5.07. The Morgan fingerprint density at radius 1 is 1.44 bits per heavy atom. The van der Waals surface area contributed by atoms with E-state index in [1.165, 1.54) is 5.56 Å². The maximum absolute atomic E-state index is 6.31. The van der Waals surface area contributed by atoms with E-state index in [4.69, 9.17) is 22.1 Å². The number of nitrogens with two attached hydrogens (primary N) is 1. The summed E-state index contributed by atoms with van der Waals surface area (Å²) in [6.07, 6.45) is 1.82. The minimum atomic E-state index is 0.134. The first-order valence-electron chi connectivity index (χ1n) is 6.29. The van der Waals surface area contributed by atoms with Crippen LogP contribution in [0.4, 0.5) is 5.69 Å². The molecule has 0 saturated heterocycles. The number of hydrogen-bond acceptors (Lipinski definition) is 3. The van der Waals surface area contributed by atoms with Crippen molar-refractivity contribution < 1.29 is 4.74 Å². The van der Waals surface area contributed by atoms with Crippen LogP contribution in [0.25, 0.3) is 0 Å². The van der Waals surface area contributed by atoms with E-state index in [2.05, 4.69) is 18.0 Å². The molecule has 2 N–H and O–H groups in total. The van der Waals surface area contributed by atoms with Gasteiger partial charge >= 0.3 is 0 Å². The Morgan fingerprint density at radius 3 is 2.78 bits per heavy atom. The zero-order chi connectivity index (χ0) is 13.5. The summed E-state index contributed by atoms with van der Waals surface area (Å²) in [4.78, 5) is 2.18. The fourth-order valence-corrected chi connectivity index (χ4v) is 2.40. The number of methoxy groups -OCH3 is 1. The Labute approximate surface area is 115 Å². The van der Waals surface area contributed by atoms with E-state index in [-0.39, 0.29) is 6.04 Å². The largest absolute Gasteiger partial charge is 0.385 e. The van der Waals surface area contributed by atoms with Crippen LogP contribution in [0.1, 0.15) is 18.9 Å². The van der Waals surface area contributed by atoms with E-state index < -0.39 is 0 Å². The zero-order valence-corrected chi connectivity index (χ0v) is 12.2. The molecule has 0 heterocycles. The van der Waals surface area contributed by atoms with Crippen LogP contribution in [0.15, 0.2) is 18.2 Å². The van der Waals surface area contributed by atoms with E-state index in [9.17, 15) is 0 Å². The summed E-state index contributed by atoms with van der Waals surface area (Å²) >= 11 is 6.31. The smallest absolute Gasteiger partial charge is 0.0642 e. The van der Waals surface area contributed by atoms with Crippen LogP contribution in [-0.2, 0) is 11.2 Å². The Morgan fingerprint density at radius 2 is 2.17 bits per heavy atom. The van der Waals surface area contributed by atoms with Gasteiger partial charge in [0.05, 0.1) is 10.7 Å². The van der Waals surface area contributed by atoms with Gasteiger partial charge in [-0.25, -0.2) is 0 Å². The molecule has 0 saturated carbocycles. The highest BCUT2D eigenvalue weighted by molar-refractivity contribution is 6.33. The van der Waals surface area contributed by atoms with Crippen molar-refractivity contribution in [2.45, 2.75) is 25.8 Å². The number of ether oxygens (including phenoxy) is 1. The predicted octanol–water partition coefficient (Wildman–Crippen LogP) is 2.70. The molecule has 3 nitrogen and oxygen atoms in total. The van der Waals surface area contributed by atoms with Crippen molar-refractivity contribution in [3.8, 4) is 0 Å². The van der Waals surface area contributed by atoms with Gasteiger partial charge in [-0.05, 0) is 31.4 Å². The number of nitrogens with zero attached hydrogens (tertiary/aromatic N) is 1. The molecule has 0 amide bonds. The van der Waals surface area contributed by atoms with Crippen molar-refractivity contribution in [3.05, 3.63) is 28.8 Å². The Balaban J connectivity index is 2.83. The van der Waals surface area contributed by atoms with E-state index in [1.807, 2.05) is 19.1 Å². The van der Waals surface area contributed by atoms with Gasteiger partial charge in [-0.1, -0.05) is 23.7 Å². The maximum Gasteiger partial charge on any atom is 0.0642 e. The molecule has 0 aliphatic heterocycles. The molecule has 0 bridgehead atoms. The summed E-state index contributed by atoms with van der Waals surface area (Å²) in [5.41, 5.74) is 8.18. The summed E-state index contributed by atoms with van der Waals surface area (Å²) in [6, 6.07) is 6.13. The molecule has 0 spiro atoms. The van der Waals surface area contributed by atoms with Gasteiger partial charge in [0.15, 0.2) is 0 Å². The molecule has 18 heavy (non-hydrogen) atoms. The van der Waals surface area contributed by atoms with Crippen LogP contribution in [0.2, 0.25) is 5.02 Å². The maximum atomic E-state index is 6.31. The van der Waals surface area contributed by atoms with Gasteiger partial charge in [-0.2, -0.15) is 0 Å². The van der Waals surface area contributed by atoms with Gasteiger partial charge in [0.2, 0.25) is 0 Å². The van der Waals surface area contributed by atoms with Crippen molar-refractivity contribution in [1.82, 2.24) is 0 Å². The summed E-state index contributed by atoms with van der Waals surface area (Å²) in [5.74, 6) is 0. The van der Waals surface area contributed by atoms with E-state index in [1.54, 1.807) is 7.11 Å². The summed E-state index contributed by atoms with van der Waals surface area (Å²) in [6.45, 7) is 3.69. The molecule has 1 aromatic carbocycles. The van der Waals surface area contributed by atoms with Crippen LogP contribution >= 0.6 is 11.6 Å².